The molecule has 0 atom stereocenters. The maximum atomic E-state index is 5.72. The van der Waals surface area contributed by atoms with Gasteiger partial charge in [0.1, 0.15) is 17.9 Å². The molecule has 1 aliphatic carbocycles. The summed E-state index contributed by atoms with van der Waals surface area (Å²) in [5.41, 5.74) is 1.57. The van der Waals surface area contributed by atoms with E-state index in [4.69, 9.17) is 9.26 Å². The molecule has 1 aromatic carbocycles. The lowest BCUT2D eigenvalue weighted by molar-refractivity contribution is 0.285. The average Bonchev–Trinajstić information content (AvgIpc) is 3.21. The molecule has 0 radical (unpaired) electrons. The first-order chi connectivity index (χ1) is 12.8. The lowest BCUT2D eigenvalue weighted by Gasteiger charge is -2.08. The van der Waals surface area contributed by atoms with Gasteiger partial charge >= 0.3 is 0 Å². The minimum Gasteiger partial charge on any atom is -0.485 e. The number of benzene rings is 1. The lowest BCUT2D eigenvalue weighted by atomic mass is 10.3. The Morgan fingerprint density at radius 1 is 1.19 bits per heavy atom. The number of anilines is 2. The molecule has 5 rings (SSSR count). The number of nitrogens with zero attached hydrogens (tertiary/aromatic N) is 5. The Bertz CT molecular complexity index is 1040. The summed E-state index contributed by atoms with van der Waals surface area (Å²) < 4.78 is 10.9. The van der Waals surface area contributed by atoms with E-state index in [1.165, 1.54) is 6.33 Å². The average molecular weight is 349 g/mol. The molecule has 2 N–H and O–H groups in total. The first-order valence-electron chi connectivity index (χ1n) is 8.31. The van der Waals surface area contributed by atoms with Gasteiger partial charge in [0.05, 0.1) is 11.6 Å². The summed E-state index contributed by atoms with van der Waals surface area (Å²) >= 11 is 0. The van der Waals surface area contributed by atoms with Gasteiger partial charge in [0.15, 0.2) is 12.3 Å². The molecule has 1 aliphatic rings. The largest absolute Gasteiger partial charge is 0.485 e. The van der Waals surface area contributed by atoms with Crippen LogP contribution in [0.4, 0.5) is 11.5 Å². The van der Waals surface area contributed by atoms with Crippen molar-refractivity contribution in [3.05, 3.63) is 48.5 Å². The molecule has 0 amide bonds. The molecule has 130 valence electrons. The normalized spacial score (nSPS) is 13.8. The van der Waals surface area contributed by atoms with E-state index >= 15 is 0 Å². The number of fused-ring (bicyclic) bond motifs is 1. The third kappa shape index (κ3) is 2.94. The molecule has 1 saturated carbocycles. The van der Waals surface area contributed by atoms with Crippen LogP contribution in [0.15, 0.2) is 41.3 Å². The number of nitrogens with one attached hydrogen (secondary N) is 2. The second kappa shape index (κ2) is 6.10. The van der Waals surface area contributed by atoms with Gasteiger partial charge in [-0.2, -0.15) is 10.1 Å². The van der Waals surface area contributed by atoms with Gasteiger partial charge in [-0.1, -0.05) is 5.16 Å². The summed E-state index contributed by atoms with van der Waals surface area (Å²) in [5, 5.41) is 14.8. The highest BCUT2D eigenvalue weighted by Gasteiger charge is 2.29. The number of hydrogen-bond donors (Lipinski definition) is 2. The maximum Gasteiger partial charge on any atom is 0.229 e. The van der Waals surface area contributed by atoms with Crippen LogP contribution in [0.25, 0.3) is 11.0 Å². The predicted octanol–water partition coefficient (Wildman–Crippen LogP) is 2.94. The van der Waals surface area contributed by atoms with E-state index in [9.17, 15) is 0 Å². The van der Waals surface area contributed by atoms with Crippen molar-refractivity contribution >= 4 is 22.5 Å². The Kier molecular flexibility index (Phi) is 3.48. The zero-order chi connectivity index (χ0) is 17.3. The van der Waals surface area contributed by atoms with Crippen molar-refractivity contribution in [3.63, 3.8) is 0 Å². The summed E-state index contributed by atoms with van der Waals surface area (Å²) in [6, 6.07) is 7.57. The summed E-state index contributed by atoms with van der Waals surface area (Å²) in [7, 11) is 0. The molecule has 1 fully saturated rings. The molecular formula is C17H15N7O2. The highest BCUT2D eigenvalue weighted by atomic mass is 16.5. The fourth-order valence-corrected chi connectivity index (χ4v) is 2.61. The molecule has 0 bridgehead atoms. The summed E-state index contributed by atoms with van der Waals surface area (Å²) in [6.07, 6.45) is 5.44. The molecule has 0 spiro atoms. The third-order valence-electron chi connectivity index (χ3n) is 4.14. The van der Waals surface area contributed by atoms with Crippen LogP contribution in [-0.2, 0) is 6.61 Å². The van der Waals surface area contributed by atoms with E-state index in [1.54, 1.807) is 6.20 Å². The molecule has 3 heterocycles. The van der Waals surface area contributed by atoms with Crippen LogP contribution in [0.5, 0.6) is 5.75 Å². The van der Waals surface area contributed by atoms with Crippen LogP contribution in [0.1, 0.15) is 30.5 Å². The molecule has 0 aliphatic heterocycles. The number of rotatable bonds is 6. The van der Waals surface area contributed by atoms with Gasteiger partial charge < -0.3 is 14.6 Å². The molecule has 3 aromatic heterocycles. The Labute approximate surface area is 147 Å². The zero-order valence-electron chi connectivity index (χ0n) is 13.7. The molecule has 0 saturated heterocycles. The van der Waals surface area contributed by atoms with Crippen molar-refractivity contribution in [1.29, 1.82) is 0 Å². The highest BCUT2D eigenvalue weighted by molar-refractivity contribution is 5.87. The first kappa shape index (κ1) is 14.8. The number of ether oxygens (including phenoxy) is 1. The Morgan fingerprint density at radius 2 is 2.08 bits per heavy atom. The lowest BCUT2D eigenvalue weighted by Crippen LogP contribution is -1.98. The van der Waals surface area contributed by atoms with Crippen LogP contribution in [0.2, 0.25) is 0 Å². The minimum absolute atomic E-state index is 0.282. The van der Waals surface area contributed by atoms with Crippen molar-refractivity contribution in [3.8, 4) is 5.75 Å². The zero-order valence-corrected chi connectivity index (χ0v) is 13.7. The topological polar surface area (TPSA) is 115 Å². The molecule has 9 nitrogen and oxygen atoms in total. The van der Waals surface area contributed by atoms with E-state index < -0.39 is 0 Å². The Morgan fingerprint density at radius 3 is 2.92 bits per heavy atom. The number of aromatic nitrogens is 6. The predicted molar refractivity (Wildman–Crippen MR) is 92.0 cm³/mol. The third-order valence-corrected chi connectivity index (χ3v) is 4.14. The number of H-pyrrole nitrogens is 1. The van der Waals surface area contributed by atoms with Gasteiger partial charge in [-0.3, -0.25) is 5.10 Å². The molecule has 9 heteroatoms. The Hall–Kier alpha value is -3.49. The van der Waals surface area contributed by atoms with Crippen molar-refractivity contribution in [2.24, 2.45) is 0 Å². The van der Waals surface area contributed by atoms with Crippen LogP contribution in [0, 0.1) is 0 Å². The van der Waals surface area contributed by atoms with Crippen LogP contribution in [-0.4, -0.2) is 30.3 Å². The number of aromatic amines is 1. The van der Waals surface area contributed by atoms with E-state index in [1.807, 2.05) is 24.3 Å². The molecule has 4 aromatic rings. The van der Waals surface area contributed by atoms with E-state index in [0.717, 1.165) is 35.6 Å². The smallest absolute Gasteiger partial charge is 0.229 e. The van der Waals surface area contributed by atoms with Gasteiger partial charge in [0.2, 0.25) is 11.7 Å². The Balaban J connectivity index is 1.24. The van der Waals surface area contributed by atoms with Gasteiger partial charge in [0.25, 0.3) is 0 Å². The standard InChI is InChI=1S/C17H15N7O2/c1-2-10(1)17-22-14(24-26-17)8-25-12-5-3-11(4-6-12)21-15-13-7-20-23-16(13)19-9-18-15/h3-7,9-10H,1-2,8H2,(H2,18,19,20,21,23). The first-order valence-corrected chi connectivity index (χ1v) is 8.31. The molecule has 26 heavy (non-hydrogen) atoms. The van der Waals surface area contributed by atoms with Crippen LogP contribution in [0.3, 0.4) is 0 Å². The summed E-state index contributed by atoms with van der Waals surface area (Å²) in [4.78, 5) is 12.7. The van der Waals surface area contributed by atoms with Crippen LogP contribution >= 0.6 is 0 Å². The summed E-state index contributed by atoms with van der Waals surface area (Å²) in [5.74, 6) is 3.15. The van der Waals surface area contributed by atoms with Crippen molar-refractivity contribution < 1.29 is 9.26 Å². The van der Waals surface area contributed by atoms with Crippen molar-refractivity contribution in [1.82, 2.24) is 30.3 Å². The second-order valence-corrected chi connectivity index (χ2v) is 6.12. The van der Waals surface area contributed by atoms with E-state index in [-0.39, 0.29) is 6.61 Å². The van der Waals surface area contributed by atoms with Gasteiger partial charge in [-0.25, -0.2) is 9.97 Å². The van der Waals surface area contributed by atoms with Crippen LogP contribution < -0.4 is 10.1 Å². The van der Waals surface area contributed by atoms with E-state index in [2.05, 4.69) is 35.6 Å². The number of hydrogen-bond acceptors (Lipinski definition) is 8. The van der Waals surface area contributed by atoms with Crippen molar-refractivity contribution in [2.75, 3.05) is 5.32 Å². The van der Waals surface area contributed by atoms with Gasteiger partial charge in [-0.15, -0.1) is 0 Å². The SMILES string of the molecule is c1nc(Nc2ccc(OCc3noc(C4CC4)n3)cc2)c2cn[nH]c2n1. The fraction of sp³-hybridized carbons (Fsp3) is 0.235. The monoisotopic (exact) mass is 349 g/mol. The second-order valence-electron chi connectivity index (χ2n) is 6.12. The minimum atomic E-state index is 0.282. The molecule has 0 unspecified atom stereocenters. The van der Waals surface area contributed by atoms with Gasteiger partial charge in [0, 0.05) is 11.6 Å². The highest BCUT2D eigenvalue weighted by Crippen LogP contribution is 2.38. The molecular weight excluding hydrogens is 334 g/mol. The van der Waals surface area contributed by atoms with Gasteiger partial charge in [-0.05, 0) is 37.1 Å². The van der Waals surface area contributed by atoms with Crippen molar-refractivity contribution in [2.45, 2.75) is 25.4 Å². The maximum absolute atomic E-state index is 5.72. The quantitative estimate of drug-likeness (QED) is 0.546. The fourth-order valence-electron chi connectivity index (χ4n) is 2.61. The summed E-state index contributed by atoms with van der Waals surface area (Å²) in [6.45, 7) is 0.282. The van der Waals surface area contributed by atoms with E-state index in [0.29, 0.717) is 23.2 Å².